The Morgan fingerprint density at radius 3 is 2.34 bits per heavy atom. The number of anilines is 2. The number of aryl methyl sites for hydroxylation is 1. The van der Waals surface area contributed by atoms with Crippen molar-refractivity contribution in [2.75, 3.05) is 22.7 Å². The van der Waals surface area contributed by atoms with Gasteiger partial charge in [-0.05, 0) is 30.9 Å². The Kier molecular flexibility index (Phi) is 5.23. The first-order chi connectivity index (χ1) is 13.9. The van der Waals surface area contributed by atoms with Crippen molar-refractivity contribution in [1.29, 1.82) is 0 Å². The van der Waals surface area contributed by atoms with Gasteiger partial charge in [0.2, 0.25) is 5.95 Å². The summed E-state index contributed by atoms with van der Waals surface area (Å²) in [6.07, 6.45) is 6.77. The first kappa shape index (κ1) is 19.4. The van der Waals surface area contributed by atoms with E-state index in [1.54, 1.807) is 25.3 Å². The van der Waals surface area contributed by atoms with Gasteiger partial charge in [0.15, 0.2) is 5.89 Å². The van der Waals surface area contributed by atoms with E-state index in [0.717, 1.165) is 37.4 Å². The van der Waals surface area contributed by atoms with Crippen LogP contribution in [-0.4, -0.2) is 36.5 Å². The topological polar surface area (TPSA) is 101 Å². The van der Waals surface area contributed by atoms with Gasteiger partial charge in [0.05, 0.1) is 23.0 Å². The molecule has 4 rings (SSSR count). The molecule has 1 aliphatic heterocycles. The first-order valence-corrected chi connectivity index (χ1v) is 11.0. The maximum absolute atomic E-state index is 12.7. The Hall–Kier alpha value is -2.94. The predicted molar refractivity (Wildman–Crippen MR) is 110 cm³/mol. The molecule has 1 aliphatic rings. The zero-order valence-corrected chi connectivity index (χ0v) is 17.2. The number of hydrogen-bond donors (Lipinski definition) is 1. The molecule has 152 valence electrons. The molecular weight excluding hydrogens is 390 g/mol. The molecule has 0 spiro atoms. The van der Waals surface area contributed by atoms with E-state index < -0.39 is 10.0 Å². The highest BCUT2D eigenvalue weighted by Gasteiger charge is 2.19. The zero-order chi connectivity index (χ0) is 20.4. The van der Waals surface area contributed by atoms with E-state index in [1.165, 1.54) is 24.5 Å². The van der Waals surface area contributed by atoms with Gasteiger partial charge in [-0.15, -0.1) is 0 Å². The second-order valence-electron chi connectivity index (χ2n) is 7.32. The number of hydrogen-bond acceptors (Lipinski definition) is 7. The van der Waals surface area contributed by atoms with Gasteiger partial charge in [0, 0.05) is 25.6 Å². The van der Waals surface area contributed by atoms with Crippen LogP contribution in [0.25, 0.3) is 11.3 Å². The van der Waals surface area contributed by atoms with Crippen molar-refractivity contribution in [1.82, 2.24) is 15.0 Å². The van der Waals surface area contributed by atoms with Crippen LogP contribution in [0.1, 0.15) is 25.7 Å². The second kappa shape index (κ2) is 7.82. The van der Waals surface area contributed by atoms with Crippen molar-refractivity contribution in [2.24, 2.45) is 5.92 Å². The molecule has 0 atom stereocenters. The average Bonchev–Trinajstić information content (AvgIpc) is 3.15. The van der Waals surface area contributed by atoms with Gasteiger partial charge < -0.3 is 9.32 Å². The van der Waals surface area contributed by atoms with Crippen molar-refractivity contribution in [3.05, 3.63) is 48.8 Å². The number of aromatic nitrogens is 3. The minimum atomic E-state index is -3.74. The monoisotopic (exact) mass is 413 g/mol. The third-order valence-electron chi connectivity index (χ3n) is 5.04. The summed E-state index contributed by atoms with van der Waals surface area (Å²) in [4.78, 5) is 15.2. The molecule has 1 saturated heterocycles. The first-order valence-electron chi connectivity index (χ1n) is 9.53. The largest absolute Gasteiger partial charge is 0.449 e. The molecule has 2 aromatic heterocycles. The smallest absolute Gasteiger partial charge is 0.261 e. The SMILES string of the molecule is Cc1nc(-c2ccc(S(=O)(=O)Nc3cnc(N4CCC(C)CC4)nc3)cc2)co1. The van der Waals surface area contributed by atoms with Gasteiger partial charge in [-0.3, -0.25) is 4.72 Å². The van der Waals surface area contributed by atoms with Crippen molar-refractivity contribution in [2.45, 2.75) is 31.6 Å². The fraction of sp³-hybridized carbons (Fsp3) is 0.350. The molecule has 1 fully saturated rings. The lowest BCUT2D eigenvalue weighted by Crippen LogP contribution is -2.34. The van der Waals surface area contributed by atoms with Crippen LogP contribution in [0.3, 0.4) is 0 Å². The van der Waals surface area contributed by atoms with Gasteiger partial charge in [-0.25, -0.2) is 23.4 Å². The quantitative estimate of drug-likeness (QED) is 0.683. The molecule has 1 N–H and O–H groups in total. The van der Waals surface area contributed by atoms with E-state index in [1.807, 2.05) is 0 Å². The Labute approximate surface area is 170 Å². The van der Waals surface area contributed by atoms with Crippen molar-refractivity contribution >= 4 is 21.7 Å². The highest BCUT2D eigenvalue weighted by Crippen LogP contribution is 2.23. The van der Waals surface area contributed by atoms with Crippen LogP contribution >= 0.6 is 0 Å². The lowest BCUT2D eigenvalue weighted by Gasteiger charge is -2.30. The molecule has 1 aromatic carbocycles. The van der Waals surface area contributed by atoms with Crippen LogP contribution in [-0.2, 0) is 10.0 Å². The Morgan fingerprint density at radius 2 is 1.76 bits per heavy atom. The van der Waals surface area contributed by atoms with Crippen molar-refractivity contribution in [3.8, 4) is 11.3 Å². The molecule has 0 aliphatic carbocycles. The van der Waals surface area contributed by atoms with Gasteiger partial charge in [0.25, 0.3) is 10.0 Å². The number of piperidine rings is 1. The van der Waals surface area contributed by atoms with Gasteiger partial charge in [-0.2, -0.15) is 0 Å². The molecule has 9 heteroatoms. The van der Waals surface area contributed by atoms with Crippen LogP contribution in [0.2, 0.25) is 0 Å². The maximum Gasteiger partial charge on any atom is 0.261 e. The summed E-state index contributed by atoms with van der Waals surface area (Å²) in [5.74, 6) is 1.91. The lowest BCUT2D eigenvalue weighted by molar-refractivity contribution is 0.434. The van der Waals surface area contributed by atoms with E-state index in [-0.39, 0.29) is 4.90 Å². The Balaban J connectivity index is 1.45. The average molecular weight is 414 g/mol. The predicted octanol–water partition coefficient (Wildman–Crippen LogP) is 3.48. The normalized spacial score (nSPS) is 15.4. The second-order valence-corrected chi connectivity index (χ2v) is 9.01. The van der Waals surface area contributed by atoms with Crippen LogP contribution in [0, 0.1) is 12.8 Å². The van der Waals surface area contributed by atoms with Crippen molar-refractivity contribution in [3.63, 3.8) is 0 Å². The number of sulfonamides is 1. The third kappa shape index (κ3) is 4.40. The summed E-state index contributed by atoms with van der Waals surface area (Å²) in [5, 5.41) is 0. The van der Waals surface area contributed by atoms with Crippen LogP contribution in [0.4, 0.5) is 11.6 Å². The molecule has 3 heterocycles. The van der Waals surface area contributed by atoms with E-state index in [9.17, 15) is 8.42 Å². The van der Waals surface area contributed by atoms with E-state index in [0.29, 0.717) is 23.2 Å². The molecule has 29 heavy (non-hydrogen) atoms. The lowest BCUT2D eigenvalue weighted by atomic mass is 10.00. The minimum Gasteiger partial charge on any atom is -0.449 e. The van der Waals surface area contributed by atoms with Gasteiger partial charge >= 0.3 is 0 Å². The third-order valence-corrected chi connectivity index (χ3v) is 6.43. The molecule has 0 bridgehead atoms. The van der Waals surface area contributed by atoms with Crippen LogP contribution < -0.4 is 9.62 Å². The van der Waals surface area contributed by atoms with Gasteiger partial charge in [-0.1, -0.05) is 19.1 Å². The molecule has 0 radical (unpaired) electrons. The number of oxazole rings is 1. The highest BCUT2D eigenvalue weighted by molar-refractivity contribution is 7.92. The summed E-state index contributed by atoms with van der Waals surface area (Å²) < 4.78 is 33.1. The number of rotatable bonds is 5. The minimum absolute atomic E-state index is 0.149. The highest BCUT2D eigenvalue weighted by atomic mass is 32.2. The number of benzene rings is 1. The summed E-state index contributed by atoms with van der Waals surface area (Å²) in [6, 6.07) is 6.46. The molecule has 8 nitrogen and oxygen atoms in total. The van der Waals surface area contributed by atoms with Crippen LogP contribution in [0.5, 0.6) is 0 Å². The molecule has 0 saturated carbocycles. The number of nitrogens with one attached hydrogen (secondary N) is 1. The summed E-state index contributed by atoms with van der Waals surface area (Å²) in [7, 11) is -3.74. The van der Waals surface area contributed by atoms with Crippen LogP contribution in [0.15, 0.2) is 52.2 Å². The number of nitrogens with zero attached hydrogens (tertiary/aromatic N) is 4. The van der Waals surface area contributed by atoms with E-state index in [2.05, 4.69) is 31.5 Å². The van der Waals surface area contributed by atoms with E-state index in [4.69, 9.17) is 4.42 Å². The molecule has 0 unspecified atom stereocenters. The van der Waals surface area contributed by atoms with Crippen molar-refractivity contribution < 1.29 is 12.8 Å². The summed E-state index contributed by atoms with van der Waals surface area (Å²) >= 11 is 0. The molecule has 3 aromatic rings. The fourth-order valence-electron chi connectivity index (χ4n) is 3.26. The van der Waals surface area contributed by atoms with Gasteiger partial charge in [0.1, 0.15) is 12.0 Å². The summed E-state index contributed by atoms with van der Waals surface area (Å²) in [6.45, 7) is 5.84. The maximum atomic E-state index is 12.7. The standard InChI is InChI=1S/C20H23N5O3S/c1-14-7-9-25(10-8-14)20-21-11-17(12-22-20)24-29(26,27)18-5-3-16(4-6-18)19-13-28-15(2)23-19/h3-6,11-14,24H,7-10H2,1-2H3. The summed E-state index contributed by atoms with van der Waals surface area (Å²) in [5.41, 5.74) is 1.77. The molecule has 0 amide bonds. The molecular formula is C20H23N5O3S. The van der Waals surface area contributed by atoms with E-state index >= 15 is 0 Å². The zero-order valence-electron chi connectivity index (χ0n) is 16.4. The fourth-order valence-corrected chi connectivity index (χ4v) is 4.29. The Bertz CT molecular complexity index is 1070. The Morgan fingerprint density at radius 1 is 1.10 bits per heavy atom.